The lowest BCUT2D eigenvalue weighted by Gasteiger charge is -2.34. The molecule has 1 fully saturated rings. The molecular weight excluding hydrogens is 490 g/mol. The highest BCUT2D eigenvalue weighted by Crippen LogP contribution is 2.38. The fourth-order valence-corrected chi connectivity index (χ4v) is 5.06. The fraction of sp³-hybridized carbons (Fsp3) is 0.429. The Balaban J connectivity index is 1.46. The van der Waals surface area contributed by atoms with Gasteiger partial charge in [0.15, 0.2) is 11.5 Å². The maximum Gasteiger partial charge on any atom is 0.261 e. The second-order valence-electron chi connectivity index (χ2n) is 10.2. The number of piperidine rings is 1. The van der Waals surface area contributed by atoms with Crippen LogP contribution in [0, 0.1) is 6.92 Å². The number of rotatable bonds is 6. The van der Waals surface area contributed by atoms with E-state index in [0.717, 1.165) is 48.2 Å². The van der Waals surface area contributed by atoms with Crippen LogP contribution >= 0.6 is 11.6 Å². The van der Waals surface area contributed by atoms with E-state index < -0.39 is 0 Å². The molecule has 3 heterocycles. The van der Waals surface area contributed by atoms with Gasteiger partial charge in [-0.2, -0.15) is 4.98 Å². The van der Waals surface area contributed by atoms with E-state index in [2.05, 4.69) is 19.9 Å². The SMILES string of the molecule is Cc1ccc2ncn(C3CCN(c4nc(Cl)nc5cc(OC(C)C)c(OC(C)C)cc45)CC3)c(=O)c2c1. The minimum atomic E-state index is -0.0166. The minimum absolute atomic E-state index is 0.0100. The predicted molar refractivity (Wildman–Crippen MR) is 147 cm³/mol. The quantitative estimate of drug-likeness (QED) is 0.300. The average molecular weight is 522 g/mol. The van der Waals surface area contributed by atoms with Gasteiger partial charge < -0.3 is 14.4 Å². The lowest BCUT2D eigenvalue weighted by molar-refractivity contribution is 0.199. The number of aromatic nitrogens is 4. The van der Waals surface area contributed by atoms with E-state index in [1.807, 2.05) is 65.0 Å². The van der Waals surface area contributed by atoms with Crippen LogP contribution in [-0.4, -0.2) is 44.8 Å². The largest absolute Gasteiger partial charge is 0.487 e. The number of anilines is 1. The normalized spacial score (nSPS) is 14.8. The van der Waals surface area contributed by atoms with Crippen LogP contribution in [0.25, 0.3) is 21.8 Å². The van der Waals surface area contributed by atoms with Crippen LogP contribution in [0.5, 0.6) is 11.5 Å². The van der Waals surface area contributed by atoms with Crippen molar-refractivity contribution in [3.63, 3.8) is 0 Å². The van der Waals surface area contributed by atoms with Gasteiger partial charge in [-0.3, -0.25) is 9.36 Å². The molecule has 0 spiro atoms. The Labute approximate surface area is 221 Å². The average Bonchev–Trinajstić information content (AvgIpc) is 2.84. The predicted octanol–water partition coefficient (Wildman–Crippen LogP) is 5.72. The Morgan fingerprint density at radius 2 is 1.59 bits per heavy atom. The first-order valence-electron chi connectivity index (χ1n) is 12.8. The fourth-order valence-electron chi connectivity index (χ4n) is 4.89. The van der Waals surface area contributed by atoms with E-state index in [9.17, 15) is 4.79 Å². The molecule has 0 unspecified atom stereocenters. The summed E-state index contributed by atoms with van der Waals surface area (Å²) < 4.78 is 13.9. The molecule has 0 N–H and O–H groups in total. The van der Waals surface area contributed by atoms with Gasteiger partial charge in [-0.15, -0.1) is 0 Å². The number of hydrogen-bond acceptors (Lipinski definition) is 7. The number of hydrogen-bond donors (Lipinski definition) is 0. The first kappa shape index (κ1) is 25.3. The van der Waals surface area contributed by atoms with Crippen molar-refractivity contribution in [2.75, 3.05) is 18.0 Å². The van der Waals surface area contributed by atoms with Crippen molar-refractivity contribution in [3.8, 4) is 11.5 Å². The van der Waals surface area contributed by atoms with Gasteiger partial charge in [0.05, 0.1) is 35.0 Å². The zero-order chi connectivity index (χ0) is 26.3. The molecule has 0 atom stereocenters. The third-order valence-corrected chi connectivity index (χ3v) is 6.70. The van der Waals surface area contributed by atoms with Gasteiger partial charge in [0, 0.05) is 30.6 Å². The Bertz CT molecular complexity index is 1510. The Hall–Kier alpha value is -3.39. The number of nitrogens with zero attached hydrogens (tertiary/aromatic N) is 5. The van der Waals surface area contributed by atoms with Gasteiger partial charge >= 0.3 is 0 Å². The van der Waals surface area contributed by atoms with Gasteiger partial charge in [-0.05, 0) is 77.3 Å². The van der Waals surface area contributed by atoms with E-state index in [1.54, 1.807) is 10.9 Å². The van der Waals surface area contributed by atoms with Crippen molar-refractivity contribution in [1.82, 2.24) is 19.5 Å². The van der Waals surface area contributed by atoms with Gasteiger partial charge in [0.1, 0.15) is 5.82 Å². The molecule has 194 valence electrons. The summed E-state index contributed by atoms with van der Waals surface area (Å²) in [5, 5.41) is 1.70. The topological polar surface area (TPSA) is 82.4 Å². The first-order valence-corrected chi connectivity index (χ1v) is 13.1. The summed E-state index contributed by atoms with van der Waals surface area (Å²) in [6.07, 6.45) is 3.22. The number of fused-ring (bicyclic) bond motifs is 2. The monoisotopic (exact) mass is 521 g/mol. The first-order chi connectivity index (χ1) is 17.7. The molecule has 1 aliphatic rings. The van der Waals surface area contributed by atoms with Crippen LogP contribution in [0.3, 0.4) is 0 Å². The Morgan fingerprint density at radius 3 is 2.27 bits per heavy atom. The molecule has 0 saturated carbocycles. The summed E-state index contributed by atoms with van der Waals surface area (Å²) in [6.45, 7) is 11.3. The molecule has 9 heteroatoms. The summed E-state index contributed by atoms with van der Waals surface area (Å²) >= 11 is 6.36. The van der Waals surface area contributed by atoms with E-state index in [1.165, 1.54) is 0 Å². The van der Waals surface area contributed by atoms with Crippen molar-refractivity contribution in [2.45, 2.75) is 65.7 Å². The van der Waals surface area contributed by atoms with Crippen molar-refractivity contribution in [1.29, 1.82) is 0 Å². The lowest BCUT2D eigenvalue weighted by atomic mass is 10.0. The summed E-state index contributed by atoms with van der Waals surface area (Å²) in [6, 6.07) is 9.68. The molecule has 0 amide bonds. The summed E-state index contributed by atoms with van der Waals surface area (Å²) in [4.78, 5) is 29.0. The van der Waals surface area contributed by atoms with E-state index in [0.29, 0.717) is 22.4 Å². The lowest BCUT2D eigenvalue weighted by Crippen LogP contribution is -2.38. The van der Waals surface area contributed by atoms with Crippen molar-refractivity contribution in [3.05, 3.63) is 57.9 Å². The van der Waals surface area contributed by atoms with Crippen molar-refractivity contribution < 1.29 is 9.47 Å². The zero-order valence-corrected chi connectivity index (χ0v) is 22.6. The number of aryl methyl sites for hydroxylation is 1. The van der Waals surface area contributed by atoms with Crippen LogP contribution in [-0.2, 0) is 0 Å². The number of benzene rings is 2. The van der Waals surface area contributed by atoms with Crippen LogP contribution in [0.4, 0.5) is 5.82 Å². The number of ether oxygens (including phenoxy) is 2. The number of halogens is 1. The van der Waals surface area contributed by atoms with Crippen LogP contribution < -0.4 is 19.9 Å². The molecule has 1 aliphatic heterocycles. The van der Waals surface area contributed by atoms with Crippen LogP contribution in [0.2, 0.25) is 5.28 Å². The smallest absolute Gasteiger partial charge is 0.261 e. The summed E-state index contributed by atoms with van der Waals surface area (Å²) in [5.74, 6) is 2.05. The second kappa shape index (κ2) is 10.2. The molecular formula is C28H32ClN5O3. The van der Waals surface area contributed by atoms with E-state index in [4.69, 9.17) is 21.1 Å². The molecule has 4 aromatic rings. The van der Waals surface area contributed by atoms with Gasteiger partial charge in [0.2, 0.25) is 5.28 Å². The standard InChI is InChI=1S/C28H32ClN5O3/c1-16(2)36-24-13-20-23(14-25(24)37-17(3)4)31-28(29)32-26(20)33-10-8-19(9-11-33)34-15-30-22-7-6-18(5)12-21(22)27(34)35/h6-7,12-17,19H,8-11H2,1-5H3. The highest BCUT2D eigenvalue weighted by molar-refractivity contribution is 6.28. The molecule has 8 nitrogen and oxygen atoms in total. The van der Waals surface area contributed by atoms with Crippen molar-refractivity contribution in [2.24, 2.45) is 0 Å². The Morgan fingerprint density at radius 1 is 0.919 bits per heavy atom. The molecule has 2 aromatic heterocycles. The molecule has 0 bridgehead atoms. The van der Waals surface area contributed by atoms with Crippen LogP contribution in [0.1, 0.15) is 52.1 Å². The maximum absolute atomic E-state index is 13.2. The van der Waals surface area contributed by atoms with Gasteiger partial charge in [-0.25, -0.2) is 9.97 Å². The second-order valence-corrected chi connectivity index (χ2v) is 10.5. The maximum atomic E-state index is 13.2. The van der Waals surface area contributed by atoms with Crippen molar-refractivity contribution >= 4 is 39.2 Å². The molecule has 1 saturated heterocycles. The van der Waals surface area contributed by atoms with Gasteiger partial charge in [0.25, 0.3) is 5.56 Å². The third-order valence-electron chi connectivity index (χ3n) is 6.53. The molecule has 0 aliphatic carbocycles. The summed E-state index contributed by atoms with van der Waals surface area (Å²) in [5.41, 5.74) is 2.49. The molecule has 37 heavy (non-hydrogen) atoms. The highest BCUT2D eigenvalue weighted by Gasteiger charge is 2.26. The molecule has 5 rings (SSSR count). The van der Waals surface area contributed by atoms with E-state index in [-0.39, 0.29) is 29.1 Å². The zero-order valence-electron chi connectivity index (χ0n) is 21.9. The van der Waals surface area contributed by atoms with Gasteiger partial charge in [-0.1, -0.05) is 11.6 Å². The molecule has 2 aromatic carbocycles. The minimum Gasteiger partial charge on any atom is -0.487 e. The Kier molecular flexibility index (Phi) is 6.94. The summed E-state index contributed by atoms with van der Waals surface area (Å²) in [7, 11) is 0. The third kappa shape index (κ3) is 5.21. The molecule has 0 radical (unpaired) electrons. The van der Waals surface area contributed by atoms with Crippen LogP contribution in [0.15, 0.2) is 41.5 Å². The highest BCUT2D eigenvalue weighted by atomic mass is 35.5. The van der Waals surface area contributed by atoms with E-state index >= 15 is 0 Å².